The van der Waals surface area contributed by atoms with Crippen LogP contribution in [0.2, 0.25) is 0 Å². The van der Waals surface area contributed by atoms with E-state index >= 15 is 0 Å². The zero-order valence-electron chi connectivity index (χ0n) is 19.6. The highest BCUT2D eigenvalue weighted by Gasteiger charge is 2.31. The molecule has 0 unspecified atom stereocenters. The van der Waals surface area contributed by atoms with Gasteiger partial charge in [-0.2, -0.15) is 11.3 Å². The zero-order valence-corrected chi connectivity index (χ0v) is 21.2. The minimum absolute atomic E-state index is 0.0645. The van der Waals surface area contributed by atoms with Gasteiger partial charge in [0, 0.05) is 37.3 Å². The standard InChI is InChI=1S/C26H27N3O4S2/c1-2-33-26(32)22-23(27-10-12-28(13-11-27)24(30)21-8-5-14-35-21)19-6-3-4-7-20(19)29(25(22)31)16-18-9-15-34-17-18/h3-4,6-9,15,17H,2,5,10-14,16H2,1H3. The normalized spacial score (nSPS) is 16.0. The number of benzene rings is 1. The third-order valence-corrected chi connectivity index (χ3v) is 8.17. The summed E-state index contributed by atoms with van der Waals surface area (Å²) < 4.78 is 7.02. The van der Waals surface area contributed by atoms with Gasteiger partial charge in [0.05, 0.1) is 29.3 Å². The molecule has 2 aromatic heterocycles. The molecule has 182 valence electrons. The lowest BCUT2D eigenvalue weighted by Crippen LogP contribution is -2.50. The molecule has 7 nitrogen and oxygen atoms in total. The van der Waals surface area contributed by atoms with E-state index in [2.05, 4.69) is 4.90 Å². The number of hydrogen-bond donors (Lipinski definition) is 0. The monoisotopic (exact) mass is 509 g/mol. The molecule has 1 amide bonds. The molecule has 0 atom stereocenters. The summed E-state index contributed by atoms with van der Waals surface area (Å²) in [5, 5.41) is 4.82. The molecule has 1 saturated heterocycles. The first kappa shape index (κ1) is 23.7. The third-order valence-electron chi connectivity index (χ3n) is 6.35. The van der Waals surface area contributed by atoms with Crippen LogP contribution in [-0.2, 0) is 16.1 Å². The van der Waals surface area contributed by atoms with Gasteiger partial charge in [0.15, 0.2) is 0 Å². The first-order chi connectivity index (χ1) is 17.1. The second-order valence-electron chi connectivity index (χ2n) is 8.47. The van der Waals surface area contributed by atoms with Crippen LogP contribution in [0.3, 0.4) is 0 Å². The first-order valence-electron chi connectivity index (χ1n) is 11.8. The van der Waals surface area contributed by atoms with E-state index in [0.29, 0.717) is 38.4 Å². The number of thiophene rings is 1. The van der Waals surface area contributed by atoms with Gasteiger partial charge in [-0.3, -0.25) is 9.59 Å². The molecule has 0 saturated carbocycles. The molecule has 3 aromatic rings. The van der Waals surface area contributed by atoms with Crippen LogP contribution >= 0.6 is 23.1 Å². The molecule has 2 aliphatic heterocycles. The van der Waals surface area contributed by atoms with Gasteiger partial charge in [-0.05, 0) is 41.8 Å². The molecule has 0 radical (unpaired) electrons. The largest absolute Gasteiger partial charge is 0.462 e. The number of carbonyl (C=O) groups excluding carboxylic acids is 2. The van der Waals surface area contributed by atoms with Gasteiger partial charge in [0.2, 0.25) is 0 Å². The maximum atomic E-state index is 13.8. The molecule has 1 aromatic carbocycles. The number of rotatable bonds is 6. The summed E-state index contributed by atoms with van der Waals surface area (Å²) in [6.07, 6.45) is 2.95. The quantitative estimate of drug-likeness (QED) is 0.469. The Morgan fingerprint density at radius 3 is 2.57 bits per heavy atom. The minimum Gasteiger partial charge on any atom is -0.462 e. The predicted molar refractivity (Wildman–Crippen MR) is 142 cm³/mol. The van der Waals surface area contributed by atoms with Crippen molar-refractivity contribution in [3.8, 4) is 0 Å². The summed E-state index contributed by atoms with van der Waals surface area (Å²) in [4.78, 5) is 44.5. The van der Waals surface area contributed by atoms with Crippen molar-refractivity contribution >= 4 is 51.6 Å². The second kappa shape index (κ2) is 10.3. The molecule has 1 fully saturated rings. The van der Waals surface area contributed by atoms with Gasteiger partial charge in [0.1, 0.15) is 5.56 Å². The Labute approximate surface area is 212 Å². The topological polar surface area (TPSA) is 71.8 Å². The number of amides is 1. The van der Waals surface area contributed by atoms with Gasteiger partial charge in [-0.25, -0.2) is 4.79 Å². The van der Waals surface area contributed by atoms with E-state index in [1.54, 1.807) is 34.6 Å². The number of thioether (sulfide) groups is 1. The molecule has 2 aliphatic rings. The summed E-state index contributed by atoms with van der Waals surface area (Å²) in [5.41, 5.74) is 2.10. The van der Waals surface area contributed by atoms with Crippen LogP contribution in [0.4, 0.5) is 5.69 Å². The van der Waals surface area contributed by atoms with Crippen molar-refractivity contribution in [1.82, 2.24) is 9.47 Å². The van der Waals surface area contributed by atoms with Crippen molar-refractivity contribution in [3.63, 3.8) is 0 Å². The second-order valence-corrected chi connectivity index (χ2v) is 10.4. The van der Waals surface area contributed by atoms with Gasteiger partial charge in [-0.15, -0.1) is 11.8 Å². The SMILES string of the molecule is CCOC(=O)c1c(N2CCN(C(=O)C3=CCCS3)CC2)c2ccccc2n(Cc2ccsc2)c1=O. The van der Waals surface area contributed by atoms with Crippen LogP contribution in [0.15, 0.2) is 56.9 Å². The Balaban J connectivity index is 1.56. The van der Waals surface area contributed by atoms with E-state index in [-0.39, 0.29) is 23.6 Å². The molecular formula is C26H27N3O4S2. The molecule has 4 heterocycles. The lowest BCUT2D eigenvalue weighted by molar-refractivity contribution is -0.126. The van der Waals surface area contributed by atoms with Crippen LogP contribution in [-0.4, -0.2) is 59.9 Å². The molecule has 0 spiro atoms. The number of nitrogens with zero attached hydrogens (tertiary/aromatic N) is 3. The number of piperazine rings is 1. The summed E-state index contributed by atoms with van der Waals surface area (Å²) in [6.45, 7) is 4.44. The van der Waals surface area contributed by atoms with Crippen LogP contribution in [0.5, 0.6) is 0 Å². The van der Waals surface area contributed by atoms with E-state index in [4.69, 9.17) is 4.74 Å². The molecular weight excluding hydrogens is 482 g/mol. The smallest absolute Gasteiger partial charge is 0.345 e. The molecule has 9 heteroatoms. The number of para-hydroxylation sites is 1. The van der Waals surface area contributed by atoms with Gasteiger partial charge < -0.3 is 19.1 Å². The number of esters is 1. The number of carbonyl (C=O) groups is 2. The average molecular weight is 510 g/mol. The van der Waals surface area contributed by atoms with Crippen molar-refractivity contribution in [3.05, 3.63) is 73.6 Å². The highest BCUT2D eigenvalue weighted by Crippen LogP contribution is 2.32. The fourth-order valence-corrected chi connectivity index (χ4v) is 6.29. The van der Waals surface area contributed by atoms with Crippen LogP contribution in [0, 0.1) is 0 Å². The summed E-state index contributed by atoms with van der Waals surface area (Å²) in [5.74, 6) is 0.426. The molecule has 35 heavy (non-hydrogen) atoms. The van der Waals surface area contributed by atoms with Gasteiger partial charge in [-0.1, -0.05) is 24.3 Å². The van der Waals surface area contributed by atoms with Crippen molar-refractivity contribution < 1.29 is 14.3 Å². The number of pyridine rings is 1. The van der Waals surface area contributed by atoms with E-state index < -0.39 is 5.97 Å². The fraction of sp³-hybridized carbons (Fsp3) is 0.346. The highest BCUT2D eigenvalue weighted by atomic mass is 32.2. The Hall–Kier alpha value is -3.04. The Kier molecular flexibility index (Phi) is 6.97. The number of fused-ring (bicyclic) bond motifs is 1. The molecule has 0 N–H and O–H groups in total. The van der Waals surface area contributed by atoms with E-state index in [1.807, 2.05) is 52.1 Å². The number of allylic oxidation sites excluding steroid dienone is 1. The minimum atomic E-state index is -0.608. The van der Waals surface area contributed by atoms with Crippen LogP contribution in [0.25, 0.3) is 10.9 Å². The van der Waals surface area contributed by atoms with Crippen molar-refractivity contribution in [1.29, 1.82) is 0 Å². The highest BCUT2D eigenvalue weighted by molar-refractivity contribution is 8.04. The lowest BCUT2D eigenvalue weighted by Gasteiger charge is -2.37. The summed E-state index contributed by atoms with van der Waals surface area (Å²) >= 11 is 3.18. The summed E-state index contributed by atoms with van der Waals surface area (Å²) in [7, 11) is 0. The predicted octanol–water partition coefficient (Wildman–Crippen LogP) is 3.96. The Morgan fingerprint density at radius 2 is 1.89 bits per heavy atom. The van der Waals surface area contributed by atoms with Crippen molar-refractivity contribution in [2.24, 2.45) is 0 Å². The fourth-order valence-electron chi connectivity index (χ4n) is 4.68. The zero-order chi connectivity index (χ0) is 24.4. The summed E-state index contributed by atoms with van der Waals surface area (Å²) in [6, 6.07) is 9.69. The van der Waals surface area contributed by atoms with Crippen molar-refractivity contribution in [2.75, 3.05) is 43.4 Å². The number of hydrogen-bond acceptors (Lipinski definition) is 7. The lowest BCUT2D eigenvalue weighted by atomic mass is 10.1. The third kappa shape index (κ3) is 4.62. The van der Waals surface area contributed by atoms with Gasteiger partial charge >= 0.3 is 5.97 Å². The molecule has 5 rings (SSSR count). The van der Waals surface area contributed by atoms with Crippen LogP contribution in [0.1, 0.15) is 29.3 Å². The van der Waals surface area contributed by atoms with Crippen LogP contribution < -0.4 is 10.5 Å². The Bertz CT molecular complexity index is 1340. The van der Waals surface area contributed by atoms with E-state index in [9.17, 15) is 14.4 Å². The van der Waals surface area contributed by atoms with E-state index in [0.717, 1.165) is 33.5 Å². The first-order valence-corrected chi connectivity index (χ1v) is 13.7. The average Bonchev–Trinajstić information content (AvgIpc) is 3.60. The molecule has 0 bridgehead atoms. The van der Waals surface area contributed by atoms with E-state index in [1.165, 1.54) is 0 Å². The number of aromatic nitrogens is 1. The molecule has 0 aliphatic carbocycles. The van der Waals surface area contributed by atoms with Crippen molar-refractivity contribution in [2.45, 2.75) is 19.9 Å². The Morgan fingerprint density at radius 1 is 1.09 bits per heavy atom. The number of ether oxygens (including phenoxy) is 1. The maximum absolute atomic E-state index is 13.8. The maximum Gasteiger partial charge on any atom is 0.345 e. The number of anilines is 1. The van der Waals surface area contributed by atoms with Gasteiger partial charge in [0.25, 0.3) is 11.5 Å².